The second kappa shape index (κ2) is 6.77. The first-order chi connectivity index (χ1) is 7.63. The third-order valence-corrected chi connectivity index (χ3v) is 3.00. The van der Waals surface area contributed by atoms with Crippen molar-refractivity contribution in [1.29, 1.82) is 0 Å². The molecule has 0 unspecified atom stereocenters. The summed E-state index contributed by atoms with van der Waals surface area (Å²) in [6.45, 7) is 4.29. The number of rotatable bonds is 6. The molecule has 2 N–H and O–H groups in total. The van der Waals surface area contributed by atoms with E-state index in [4.69, 9.17) is 17.3 Å². The Morgan fingerprint density at radius 3 is 2.69 bits per heavy atom. The summed E-state index contributed by atoms with van der Waals surface area (Å²) in [6.07, 6.45) is 3.82. The van der Waals surface area contributed by atoms with Gasteiger partial charge in [0.15, 0.2) is 0 Å². The lowest BCUT2D eigenvalue weighted by molar-refractivity contribution is 0.318. The predicted molar refractivity (Wildman–Crippen MR) is 71.7 cm³/mol. The summed E-state index contributed by atoms with van der Waals surface area (Å²) in [5, 5.41) is 0.636. The molecule has 2 nitrogen and oxygen atoms in total. The standard InChI is InChI=1S/C13H21ClN2/c1-3-4-5-8-16(2)10-11-6-7-12(14)13(15)9-11/h6-7,9H,3-5,8,10,15H2,1-2H3. The maximum atomic E-state index is 5.88. The highest BCUT2D eigenvalue weighted by Crippen LogP contribution is 2.20. The number of hydrogen-bond acceptors (Lipinski definition) is 2. The normalized spacial score (nSPS) is 11.0. The molecule has 90 valence electrons. The molecule has 0 aliphatic heterocycles. The molecule has 0 fully saturated rings. The van der Waals surface area contributed by atoms with E-state index in [1.807, 2.05) is 18.2 Å². The zero-order valence-corrected chi connectivity index (χ0v) is 10.9. The Balaban J connectivity index is 2.43. The lowest BCUT2D eigenvalue weighted by atomic mass is 10.2. The molecule has 0 amide bonds. The Morgan fingerprint density at radius 2 is 2.06 bits per heavy atom. The van der Waals surface area contributed by atoms with Gasteiger partial charge < -0.3 is 10.6 Å². The summed E-state index contributed by atoms with van der Waals surface area (Å²) in [7, 11) is 2.14. The van der Waals surface area contributed by atoms with Crippen molar-refractivity contribution in [3.8, 4) is 0 Å². The van der Waals surface area contributed by atoms with Gasteiger partial charge in [-0.05, 0) is 37.7 Å². The zero-order chi connectivity index (χ0) is 12.0. The van der Waals surface area contributed by atoms with Gasteiger partial charge in [-0.15, -0.1) is 0 Å². The van der Waals surface area contributed by atoms with E-state index in [1.165, 1.54) is 24.8 Å². The van der Waals surface area contributed by atoms with E-state index in [1.54, 1.807) is 0 Å². The van der Waals surface area contributed by atoms with Crippen LogP contribution in [0.2, 0.25) is 5.02 Å². The highest BCUT2D eigenvalue weighted by atomic mass is 35.5. The lowest BCUT2D eigenvalue weighted by Crippen LogP contribution is -2.19. The Kier molecular flexibility index (Phi) is 5.64. The average molecular weight is 241 g/mol. The zero-order valence-electron chi connectivity index (χ0n) is 10.2. The topological polar surface area (TPSA) is 29.3 Å². The first-order valence-electron chi connectivity index (χ1n) is 5.86. The van der Waals surface area contributed by atoms with Crippen molar-refractivity contribution in [3.63, 3.8) is 0 Å². The molecule has 0 atom stereocenters. The minimum absolute atomic E-state index is 0.636. The average Bonchev–Trinajstić information content (AvgIpc) is 2.24. The highest BCUT2D eigenvalue weighted by molar-refractivity contribution is 6.33. The van der Waals surface area contributed by atoms with Crippen LogP contribution in [-0.4, -0.2) is 18.5 Å². The smallest absolute Gasteiger partial charge is 0.0635 e. The summed E-state index contributed by atoms with van der Waals surface area (Å²) >= 11 is 5.88. The van der Waals surface area contributed by atoms with Crippen LogP contribution in [0.4, 0.5) is 5.69 Å². The molecule has 0 radical (unpaired) electrons. The summed E-state index contributed by atoms with van der Waals surface area (Å²) < 4.78 is 0. The van der Waals surface area contributed by atoms with Gasteiger partial charge in [-0.2, -0.15) is 0 Å². The third kappa shape index (κ3) is 4.42. The number of halogens is 1. The van der Waals surface area contributed by atoms with Crippen LogP contribution >= 0.6 is 11.6 Å². The fourth-order valence-electron chi connectivity index (χ4n) is 1.71. The van der Waals surface area contributed by atoms with Crippen molar-refractivity contribution in [2.24, 2.45) is 0 Å². The van der Waals surface area contributed by atoms with Crippen molar-refractivity contribution < 1.29 is 0 Å². The molecule has 0 saturated heterocycles. The van der Waals surface area contributed by atoms with Gasteiger partial charge in [0.05, 0.1) is 10.7 Å². The molecule has 1 aromatic rings. The molecular formula is C13H21ClN2. The molecule has 3 heteroatoms. The second-order valence-electron chi connectivity index (χ2n) is 4.30. The van der Waals surface area contributed by atoms with Gasteiger partial charge in [-0.25, -0.2) is 0 Å². The Labute approximate surface area is 103 Å². The molecule has 0 aliphatic carbocycles. The van der Waals surface area contributed by atoms with Crippen molar-refractivity contribution in [3.05, 3.63) is 28.8 Å². The number of nitrogen functional groups attached to an aromatic ring is 1. The van der Waals surface area contributed by atoms with Crippen LogP contribution in [0.15, 0.2) is 18.2 Å². The number of nitrogens with zero attached hydrogens (tertiary/aromatic N) is 1. The molecule has 0 aromatic heterocycles. The Morgan fingerprint density at radius 1 is 1.31 bits per heavy atom. The largest absolute Gasteiger partial charge is 0.398 e. The van der Waals surface area contributed by atoms with Crippen LogP contribution in [0.25, 0.3) is 0 Å². The molecule has 1 aromatic carbocycles. The molecule has 0 heterocycles. The number of hydrogen-bond donors (Lipinski definition) is 1. The third-order valence-electron chi connectivity index (χ3n) is 2.66. The molecular weight excluding hydrogens is 220 g/mol. The summed E-state index contributed by atoms with van der Waals surface area (Å²) in [6, 6.07) is 5.86. The van der Waals surface area contributed by atoms with Crippen LogP contribution in [0.1, 0.15) is 31.7 Å². The monoisotopic (exact) mass is 240 g/mol. The lowest BCUT2D eigenvalue weighted by Gasteiger charge is -2.16. The minimum atomic E-state index is 0.636. The van der Waals surface area contributed by atoms with E-state index in [2.05, 4.69) is 18.9 Å². The number of unbranched alkanes of at least 4 members (excludes halogenated alkanes) is 2. The summed E-state index contributed by atoms with van der Waals surface area (Å²) in [5.41, 5.74) is 7.66. The molecule has 16 heavy (non-hydrogen) atoms. The minimum Gasteiger partial charge on any atom is -0.398 e. The molecule has 0 saturated carbocycles. The molecule has 1 rings (SSSR count). The number of nitrogens with two attached hydrogens (primary N) is 1. The second-order valence-corrected chi connectivity index (χ2v) is 4.71. The van der Waals surface area contributed by atoms with Gasteiger partial charge in [0.25, 0.3) is 0 Å². The van der Waals surface area contributed by atoms with E-state index < -0.39 is 0 Å². The number of anilines is 1. The molecule has 0 spiro atoms. The fourth-order valence-corrected chi connectivity index (χ4v) is 1.83. The van der Waals surface area contributed by atoms with Crippen LogP contribution in [0, 0.1) is 0 Å². The van der Waals surface area contributed by atoms with E-state index in [0.29, 0.717) is 10.7 Å². The maximum absolute atomic E-state index is 5.88. The predicted octanol–water partition coefficient (Wildman–Crippen LogP) is 3.54. The van der Waals surface area contributed by atoms with Crippen LogP contribution in [0.3, 0.4) is 0 Å². The van der Waals surface area contributed by atoms with Gasteiger partial charge in [0, 0.05) is 6.54 Å². The summed E-state index contributed by atoms with van der Waals surface area (Å²) in [4.78, 5) is 2.32. The van der Waals surface area contributed by atoms with Gasteiger partial charge in [-0.1, -0.05) is 37.4 Å². The van der Waals surface area contributed by atoms with Crippen LogP contribution in [-0.2, 0) is 6.54 Å². The Bertz CT molecular complexity index is 326. The van der Waals surface area contributed by atoms with Crippen molar-refractivity contribution >= 4 is 17.3 Å². The first kappa shape index (κ1) is 13.3. The van der Waals surface area contributed by atoms with E-state index >= 15 is 0 Å². The molecule has 0 aliphatic rings. The van der Waals surface area contributed by atoms with Gasteiger partial charge in [-0.3, -0.25) is 0 Å². The SMILES string of the molecule is CCCCCN(C)Cc1ccc(Cl)c(N)c1. The van der Waals surface area contributed by atoms with E-state index in [0.717, 1.165) is 13.1 Å². The highest BCUT2D eigenvalue weighted by Gasteiger charge is 2.02. The van der Waals surface area contributed by atoms with Crippen molar-refractivity contribution in [1.82, 2.24) is 4.90 Å². The van der Waals surface area contributed by atoms with Crippen LogP contribution < -0.4 is 5.73 Å². The van der Waals surface area contributed by atoms with Crippen molar-refractivity contribution in [2.45, 2.75) is 32.7 Å². The number of benzene rings is 1. The first-order valence-corrected chi connectivity index (χ1v) is 6.23. The summed E-state index contributed by atoms with van der Waals surface area (Å²) in [5.74, 6) is 0. The van der Waals surface area contributed by atoms with Gasteiger partial charge in [0.2, 0.25) is 0 Å². The Hall–Kier alpha value is -0.730. The van der Waals surface area contributed by atoms with Gasteiger partial charge >= 0.3 is 0 Å². The van der Waals surface area contributed by atoms with Crippen molar-refractivity contribution in [2.75, 3.05) is 19.3 Å². The van der Waals surface area contributed by atoms with Crippen LogP contribution in [0.5, 0.6) is 0 Å². The van der Waals surface area contributed by atoms with E-state index in [-0.39, 0.29) is 0 Å². The van der Waals surface area contributed by atoms with Gasteiger partial charge in [0.1, 0.15) is 0 Å². The maximum Gasteiger partial charge on any atom is 0.0635 e. The quantitative estimate of drug-likeness (QED) is 0.609. The fraction of sp³-hybridized carbons (Fsp3) is 0.538. The molecule has 0 bridgehead atoms. The van der Waals surface area contributed by atoms with E-state index in [9.17, 15) is 0 Å².